The van der Waals surface area contributed by atoms with Gasteiger partial charge in [0, 0.05) is 37.4 Å². The Morgan fingerprint density at radius 3 is 0.968 bits per heavy atom. The van der Waals surface area contributed by atoms with Gasteiger partial charge in [-0.15, -0.1) is 0 Å². The van der Waals surface area contributed by atoms with Crippen LogP contribution in [0.4, 0.5) is 0 Å². The minimum atomic E-state index is -1.05. The van der Waals surface area contributed by atoms with Crippen molar-refractivity contribution in [1.82, 2.24) is 4.90 Å². The van der Waals surface area contributed by atoms with Crippen LogP contribution in [0.5, 0.6) is 0 Å². The third-order valence-electron chi connectivity index (χ3n) is 4.39. The molecule has 0 spiro atoms. The molecule has 0 aliphatic rings. The van der Waals surface area contributed by atoms with Crippen molar-refractivity contribution >= 4 is 35.0 Å². The Kier molecular flexibility index (Phi) is 13.2. The highest BCUT2D eigenvalue weighted by Crippen LogP contribution is 2.02. The normalized spacial score (nSPS) is 13.5. The van der Waals surface area contributed by atoms with E-state index in [0.717, 1.165) is 0 Å². The van der Waals surface area contributed by atoms with E-state index in [4.69, 9.17) is 0 Å². The van der Waals surface area contributed by atoms with Crippen molar-refractivity contribution in [3.05, 3.63) is 0 Å². The van der Waals surface area contributed by atoms with Gasteiger partial charge in [-0.2, -0.15) is 0 Å². The molecule has 3 N–H and O–H groups in total. The number of carbonyl (C=O) groups is 3. The quantitative estimate of drug-likeness (QED) is 0.328. The van der Waals surface area contributed by atoms with Crippen molar-refractivity contribution < 1.29 is 29.7 Å². The highest BCUT2D eigenvalue weighted by Gasteiger charge is 2.16. The summed E-state index contributed by atoms with van der Waals surface area (Å²) in [5.41, 5.74) is 0.283. The Labute approximate surface area is 183 Å². The lowest BCUT2D eigenvalue weighted by atomic mass is 10.1. The zero-order valence-corrected chi connectivity index (χ0v) is 19.3. The first-order chi connectivity index (χ1) is 14.4. The number of carboxylic acid groups (broad SMARTS) is 3. The van der Waals surface area contributed by atoms with Gasteiger partial charge in [0.1, 0.15) is 17.1 Å². The van der Waals surface area contributed by atoms with E-state index in [-0.39, 0.29) is 54.5 Å². The average Bonchev–Trinajstić information content (AvgIpc) is 2.62. The van der Waals surface area contributed by atoms with Gasteiger partial charge in [0.15, 0.2) is 0 Å². The molecule has 0 aliphatic carbocycles. The summed E-state index contributed by atoms with van der Waals surface area (Å²) in [6, 6.07) is 0. The summed E-state index contributed by atoms with van der Waals surface area (Å²) >= 11 is 0. The molecule has 0 bridgehead atoms. The average molecular weight is 441 g/mol. The van der Waals surface area contributed by atoms with E-state index in [9.17, 15) is 29.7 Å². The monoisotopic (exact) mass is 440 g/mol. The van der Waals surface area contributed by atoms with Crippen LogP contribution in [0.3, 0.4) is 0 Å². The maximum absolute atomic E-state index is 11.3. The molecule has 0 fully saturated rings. The second kappa shape index (κ2) is 14.4. The Morgan fingerprint density at radius 2 is 0.806 bits per heavy atom. The fourth-order valence-corrected chi connectivity index (χ4v) is 2.76. The summed E-state index contributed by atoms with van der Waals surface area (Å²) < 4.78 is 0. The first kappa shape index (κ1) is 28.4. The molecular formula is C21H36N4O6. The molecule has 0 aromatic rings. The van der Waals surface area contributed by atoms with Crippen LogP contribution in [-0.2, 0) is 14.4 Å². The largest absolute Gasteiger partial charge is 0.477 e. The van der Waals surface area contributed by atoms with Crippen LogP contribution in [0.15, 0.2) is 15.0 Å². The number of nitrogens with zero attached hydrogens (tertiary/aromatic N) is 4. The minimum Gasteiger partial charge on any atom is -0.477 e. The zero-order valence-electron chi connectivity index (χ0n) is 19.3. The van der Waals surface area contributed by atoms with Crippen LogP contribution >= 0.6 is 0 Å². The summed E-state index contributed by atoms with van der Waals surface area (Å²) in [6.45, 7) is 12.5. The van der Waals surface area contributed by atoms with Crippen molar-refractivity contribution in [1.29, 1.82) is 0 Å². The van der Waals surface area contributed by atoms with E-state index in [0.29, 0.717) is 19.6 Å². The molecule has 0 atom stereocenters. The van der Waals surface area contributed by atoms with E-state index in [1.807, 2.05) is 4.90 Å². The Bertz CT molecular complexity index is 616. The fourth-order valence-electron chi connectivity index (χ4n) is 2.76. The van der Waals surface area contributed by atoms with E-state index in [1.54, 1.807) is 41.5 Å². The molecule has 0 saturated heterocycles. The van der Waals surface area contributed by atoms with Crippen molar-refractivity contribution in [3.8, 4) is 0 Å². The van der Waals surface area contributed by atoms with Crippen LogP contribution < -0.4 is 0 Å². The third kappa shape index (κ3) is 11.4. The molecule has 176 valence electrons. The summed E-state index contributed by atoms with van der Waals surface area (Å²) in [4.78, 5) is 48.3. The lowest BCUT2D eigenvalue weighted by Crippen LogP contribution is -2.33. The minimum absolute atomic E-state index is 0.0944. The molecule has 0 radical (unpaired) electrons. The SMILES string of the molecule is CC(C)C(=NCCN(CCN=C(C(=O)O)C(C)C)CCN=C(C(=O)O)C(C)C)C(=O)O. The summed E-state index contributed by atoms with van der Waals surface area (Å²) in [6.07, 6.45) is 0. The van der Waals surface area contributed by atoms with E-state index < -0.39 is 17.9 Å². The van der Waals surface area contributed by atoms with Crippen LogP contribution in [0.25, 0.3) is 0 Å². The predicted octanol–water partition coefficient (Wildman–Crippen LogP) is 1.83. The first-order valence-corrected chi connectivity index (χ1v) is 10.4. The van der Waals surface area contributed by atoms with Crippen molar-refractivity contribution in [3.63, 3.8) is 0 Å². The van der Waals surface area contributed by atoms with Gasteiger partial charge < -0.3 is 15.3 Å². The molecule has 0 rings (SSSR count). The van der Waals surface area contributed by atoms with Gasteiger partial charge in [-0.1, -0.05) is 41.5 Å². The molecule has 0 aromatic carbocycles. The number of aliphatic imine (C=N–C) groups is 3. The maximum atomic E-state index is 11.3. The van der Waals surface area contributed by atoms with Gasteiger partial charge in [-0.05, 0) is 0 Å². The van der Waals surface area contributed by atoms with Crippen molar-refractivity contribution in [2.24, 2.45) is 32.7 Å². The van der Waals surface area contributed by atoms with Crippen LogP contribution in [0.1, 0.15) is 41.5 Å². The first-order valence-electron chi connectivity index (χ1n) is 10.4. The van der Waals surface area contributed by atoms with E-state index >= 15 is 0 Å². The molecular weight excluding hydrogens is 404 g/mol. The summed E-state index contributed by atoms with van der Waals surface area (Å²) in [5, 5.41) is 27.7. The number of carboxylic acids is 3. The number of hydrogen-bond donors (Lipinski definition) is 3. The molecule has 10 heteroatoms. The zero-order chi connectivity index (χ0) is 24.1. The van der Waals surface area contributed by atoms with Gasteiger partial charge in [-0.25, -0.2) is 14.4 Å². The Hall–Kier alpha value is -2.62. The highest BCUT2D eigenvalue weighted by atomic mass is 16.4. The molecule has 31 heavy (non-hydrogen) atoms. The molecule has 10 nitrogen and oxygen atoms in total. The lowest BCUT2D eigenvalue weighted by molar-refractivity contribution is -0.130. The Morgan fingerprint density at radius 1 is 0.581 bits per heavy atom. The fraction of sp³-hybridized carbons (Fsp3) is 0.714. The van der Waals surface area contributed by atoms with E-state index in [2.05, 4.69) is 15.0 Å². The van der Waals surface area contributed by atoms with Crippen molar-refractivity contribution in [2.75, 3.05) is 39.3 Å². The number of hydrogen-bond acceptors (Lipinski definition) is 7. The number of rotatable bonds is 15. The standard InChI is InChI=1S/C21H36N4O6/c1-13(2)16(19(26)27)22-7-10-25(11-8-23-17(14(3)4)20(28)29)12-9-24-18(15(5)6)21(30)31/h13-15H,7-12H2,1-6H3,(H,26,27)(H,28,29)(H,30,31). The van der Waals surface area contributed by atoms with Gasteiger partial charge >= 0.3 is 17.9 Å². The maximum Gasteiger partial charge on any atom is 0.350 e. The second-order valence-corrected chi connectivity index (χ2v) is 8.02. The van der Waals surface area contributed by atoms with E-state index in [1.165, 1.54) is 0 Å². The van der Waals surface area contributed by atoms with Gasteiger partial charge in [-0.3, -0.25) is 19.9 Å². The van der Waals surface area contributed by atoms with Crippen LogP contribution in [0, 0.1) is 17.8 Å². The van der Waals surface area contributed by atoms with Gasteiger partial charge in [0.2, 0.25) is 0 Å². The summed E-state index contributed by atoms with van der Waals surface area (Å²) in [5.74, 6) is -3.80. The third-order valence-corrected chi connectivity index (χ3v) is 4.39. The summed E-state index contributed by atoms with van der Waals surface area (Å²) in [7, 11) is 0. The second-order valence-electron chi connectivity index (χ2n) is 8.02. The topological polar surface area (TPSA) is 152 Å². The van der Waals surface area contributed by atoms with Crippen LogP contribution in [-0.4, -0.2) is 94.5 Å². The predicted molar refractivity (Wildman–Crippen MR) is 121 cm³/mol. The molecule has 0 unspecified atom stereocenters. The molecule has 0 amide bonds. The lowest BCUT2D eigenvalue weighted by Gasteiger charge is -2.20. The molecule has 0 aromatic heterocycles. The van der Waals surface area contributed by atoms with Crippen molar-refractivity contribution in [2.45, 2.75) is 41.5 Å². The van der Waals surface area contributed by atoms with Gasteiger partial charge in [0.25, 0.3) is 0 Å². The molecule has 0 heterocycles. The molecule has 0 saturated carbocycles. The molecule has 0 aliphatic heterocycles. The van der Waals surface area contributed by atoms with Crippen LogP contribution in [0.2, 0.25) is 0 Å². The van der Waals surface area contributed by atoms with Gasteiger partial charge in [0.05, 0.1) is 19.6 Å². The highest BCUT2D eigenvalue weighted by molar-refractivity contribution is 6.37. The Balaban J connectivity index is 5.28. The smallest absolute Gasteiger partial charge is 0.350 e. The number of aliphatic carboxylic acids is 3.